The van der Waals surface area contributed by atoms with E-state index in [0.29, 0.717) is 0 Å². The molecule has 0 bridgehead atoms. The van der Waals surface area contributed by atoms with Gasteiger partial charge in [0, 0.05) is 0 Å². The van der Waals surface area contributed by atoms with Gasteiger partial charge in [0.25, 0.3) is 4.58 Å². The Morgan fingerprint density at radius 1 is 1.43 bits per heavy atom. The van der Waals surface area contributed by atoms with Crippen molar-refractivity contribution < 1.29 is 19.0 Å². The second-order valence-corrected chi connectivity index (χ2v) is 4.13. The van der Waals surface area contributed by atoms with E-state index in [-0.39, 0.29) is 19.4 Å². The molecule has 0 rings (SSSR count). The average molecular weight is 271 g/mol. The van der Waals surface area contributed by atoms with Gasteiger partial charge in [-0.1, -0.05) is 13.8 Å². The number of hydrogen-bond donors (Lipinski definition) is 1. The number of ether oxygens (including phenoxy) is 1. The predicted molar refractivity (Wildman–Crippen MR) is 54.9 cm³/mol. The van der Waals surface area contributed by atoms with Crippen LogP contribution in [0.15, 0.2) is 0 Å². The summed E-state index contributed by atoms with van der Waals surface area (Å²) in [5.74, 6) is -1.08. The van der Waals surface area contributed by atoms with Crippen LogP contribution in [0.1, 0.15) is 33.6 Å². The van der Waals surface area contributed by atoms with Crippen molar-refractivity contribution in [3.63, 3.8) is 0 Å². The smallest absolute Gasteiger partial charge is 0.358 e. The van der Waals surface area contributed by atoms with Crippen LogP contribution in [-0.4, -0.2) is 27.9 Å². The zero-order chi connectivity index (χ0) is 11.4. The lowest BCUT2D eigenvalue weighted by molar-refractivity contribution is -0.165. The van der Waals surface area contributed by atoms with Crippen molar-refractivity contribution in [1.29, 1.82) is 0 Å². The molecule has 1 atom stereocenters. The van der Waals surface area contributed by atoms with Crippen molar-refractivity contribution in [2.24, 2.45) is 0 Å². The minimum absolute atomic E-state index is 0.0829. The minimum Gasteiger partial charge on any atom is -0.463 e. The number of aliphatic hydroxyl groups is 1. The maximum Gasteiger partial charge on any atom is 0.358 e. The van der Waals surface area contributed by atoms with Gasteiger partial charge in [-0.3, -0.25) is 0 Å². The lowest BCUT2D eigenvalue weighted by Gasteiger charge is -2.34. The molecule has 3 nitrogen and oxygen atoms in total. The largest absolute Gasteiger partial charge is 0.463 e. The molecule has 0 aromatic rings. The fourth-order valence-electron chi connectivity index (χ4n) is 1.11. The Morgan fingerprint density at radius 2 is 1.86 bits per heavy atom. The lowest BCUT2D eigenvalue weighted by Crippen LogP contribution is -2.52. The first-order chi connectivity index (χ1) is 6.35. The van der Waals surface area contributed by atoms with Gasteiger partial charge in [-0.05, 0) is 35.7 Å². The third-order valence-electron chi connectivity index (χ3n) is 2.29. The fraction of sp³-hybridized carbons (Fsp3) is 0.889. The standard InChI is InChI=1S/C9H16BrFO3/c1-4-8(13,5-2)9(10,11)7(12)14-6-3/h13H,4-6H2,1-3H3. The highest BCUT2D eigenvalue weighted by molar-refractivity contribution is 9.10. The third kappa shape index (κ3) is 2.45. The molecule has 0 aliphatic rings. The van der Waals surface area contributed by atoms with Crippen LogP contribution < -0.4 is 0 Å². The number of alkyl halides is 2. The molecule has 0 aliphatic carbocycles. The maximum absolute atomic E-state index is 13.9. The van der Waals surface area contributed by atoms with Crippen LogP contribution in [-0.2, 0) is 9.53 Å². The van der Waals surface area contributed by atoms with Crippen LogP contribution in [0.5, 0.6) is 0 Å². The van der Waals surface area contributed by atoms with E-state index in [9.17, 15) is 14.3 Å². The molecule has 5 heteroatoms. The Kier molecular flexibility index (Phi) is 5.01. The highest BCUT2D eigenvalue weighted by Gasteiger charge is 2.54. The second-order valence-electron chi connectivity index (χ2n) is 3.03. The van der Waals surface area contributed by atoms with E-state index in [1.54, 1.807) is 20.8 Å². The zero-order valence-electron chi connectivity index (χ0n) is 8.64. The van der Waals surface area contributed by atoms with Gasteiger partial charge in [-0.15, -0.1) is 0 Å². The highest BCUT2D eigenvalue weighted by Crippen LogP contribution is 2.39. The highest BCUT2D eigenvalue weighted by atomic mass is 79.9. The van der Waals surface area contributed by atoms with E-state index in [0.717, 1.165) is 0 Å². The summed E-state index contributed by atoms with van der Waals surface area (Å²) in [5, 5.41) is 9.83. The maximum atomic E-state index is 13.9. The topological polar surface area (TPSA) is 46.5 Å². The molecule has 0 aromatic heterocycles. The van der Waals surface area contributed by atoms with Crippen LogP contribution in [0.3, 0.4) is 0 Å². The molecule has 1 unspecified atom stereocenters. The summed E-state index contributed by atoms with van der Waals surface area (Å²) in [6, 6.07) is 0. The molecule has 84 valence electrons. The van der Waals surface area contributed by atoms with Crippen molar-refractivity contribution in [2.45, 2.75) is 43.8 Å². The Balaban J connectivity index is 4.81. The van der Waals surface area contributed by atoms with Gasteiger partial charge >= 0.3 is 5.97 Å². The van der Waals surface area contributed by atoms with Crippen LogP contribution in [0, 0.1) is 0 Å². The molecule has 0 spiro atoms. The first-order valence-electron chi connectivity index (χ1n) is 4.63. The van der Waals surface area contributed by atoms with Crippen molar-refractivity contribution in [2.75, 3.05) is 6.61 Å². The summed E-state index contributed by atoms with van der Waals surface area (Å²) in [4.78, 5) is 11.2. The van der Waals surface area contributed by atoms with Crippen LogP contribution in [0.4, 0.5) is 4.39 Å². The van der Waals surface area contributed by atoms with Crippen LogP contribution in [0.2, 0.25) is 0 Å². The summed E-state index contributed by atoms with van der Waals surface area (Å²) < 4.78 is 15.9. The molecule has 0 saturated heterocycles. The summed E-state index contributed by atoms with van der Waals surface area (Å²) in [7, 11) is 0. The minimum atomic E-state index is -2.53. The van der Waals surface area contributed by atoms with E-state index >= 15 is 0 Å². The number of halogens is 2. The normalized spacial score (nSPS) is 16.1. The monoisotopic (exact) mass is 270 g/mol. The average Bonchev–Trinajstić information content (AvgIpc) is 2.16. The van der Waals surface area contributed by atoms with E-state index in [2.05, 4.69) is 20.7 Å². The van der Waals surface area contributed by atoms with E-state index < -0.39 is 16.1 Å². The zero-order valence-corrected chi connectivity index (χ0v) is 10.2. The molecule has 0 heterocycles. The van der Waals surface area contributed by atoms with Crippen molar-refractivity contribution in [3.8, 4) is 0 Å². The Bertz CT molecular complexity index is 202. The molecule has 0 aromatic carbocycles. The number of carbonyl (C=O) groups is 1. The van der Waals surface area contributed by atoms with Crippen LogP contribution in [0.25, 0.3) is 0 Å². The number of rotatable bonds is 5. The third-order valence-corrected chi connectivity index (χ3v) is 3.35. The molecule has 0 fully saturated rings. The first kappa shape index (κ1) is 13.8. The SMILES string of the molecule is CCOC(=O)C(F)(Br)C(O)(CC)CC. The molecule has 0 amide bonds. The molecular weight excluding hydrogens is 255 g/mol. The number of hydrogen-bond acceptors (Lipinski definition) is 3. The summed E-state index contributed by atoms with van der Waals surface area (Å²) in [6.45, 7) is 4.88. The quantitative estimate of drug-likeness (QED) is 0.615. The number of carbonyl (C=O) groups excluding carboxylic acids is 1. The second kappa shape index (κ2) is 5.07. The van der Waals surface area contributed by atoms with Crippen molar-refractivity contribution in [3.05, 3.63) is 0 Å². The van der Waals surface area contributed by atoms with Gasteiger partial charge in [0.2, 0.25) is 0 Å². The van der Waals surface area contributed by atoms with Crippen LogP contribution >= 0.6 is 15.9 Å². The summed E-state index contributed by atoms with van der Waals surface area (Å²) >= 11 is 2.60. The molecule has 1 N–H and O–H groups in total. The van der Waals surface area contributed by atoms with Gasteiger partial charge in [-0.25, -0.2) is 9.18 Å². The van der Waals surface area contributed by atoms with Crippen molar-refractivity contribution in [1.82, 2.24) is 0 Å². The molecule has 14 heavy (non-hydrogen) atoms. The Morgan fingerprint density at radius 3 is 2.14 bits per heavy atom. The summed E-state index contributed by atoms with van der Waals surface area (Å²) in [6.07, 6.45) is 0.258. The molecule has 0 saturated carbocycles. The van der Waals surface area contributed by atoms with Crippen molar-refractivity contribution >= 4 is 21.9 Å². The van der Waals surface area contributed by atoms with E-state index in [1.165, 1.54) is 0 Å². The molecule has 0 aliphatic heterocycles. The van der Waals surface area contributed by atoms with Gasteiger partial charge in [0.05, 0.1) is 6.61 Å². The van der Waals surface area contributed by atoms with E-state index in [4.69, 9.17) is 0 Å². The van der Waals surface area contributed by atoms with E-state index in [1.807, 2.05) is 0 Å². The first-order valence-corrected chi connectivity index (χ1v) is 5.42. The fourth-order valence-corrected chi connectivity index (χ4v) is 1.78. The lowest BCUT2D eigenvalue weighted by atomic mass is 9.91. The Labute approximate surface area is 91.8 Å². The van der Waals surface area contributed by atoms with Gasteiger partial charge < -0.3 is 9.84 Å². The Hall–Kier alpha value is -0.160. The molecular formula is C9H16BrFO3. The van der Waals surface area contributed by atoms with Gasteiger partial charge in [0.15, 0.2) is 0 Å². The van der Waals surface area contributed by atoms with Gasteiger partial charge in [-0.2, -0.15) is 0 Å². The predicted octanol–water partition coefficient (Wildman–Crippen LogP) is 2.16. The number of esters is 1. The van der Waals surface area contributed by atoms with Gasteiger partial charge in [0.1, 0.15) is 5.60 Å². The molecule has 0 radical (unpaired) electrons. The summed E-state index contributed by atoms with van der Waals surface area (Å²) in [5.41, 5.74) is -1.72.